The van der Waals surface area contributed by atoms with Crippen molar-refractivity contribution in [3.05, 3.63) is 70.8 Å². The van der Waals surface area contributed by atoms with Crippen LogP contribution >= 0.6 is 0 Å². The number of rotatable bonds is 4. The van der Waals surface area contributed by atoms with Crippen molar-refractivity contribution < 1.29 is 19.1 Å². The molecule has 1 aliphatic carbocycles. The zero-order chi connectivity index (χ0) is 24.5. The molecule has 2 amide bonds. The molecular weight excluding hydrogens is 440 g/mol. The molecule has 2 heterocycles. The van der Waals surface area contributed by atoms with E-state index in [2.05, 4.69) is 37.3 Å². The van der Waals surface area contributed by atoms with Crippen LogP contribution in [0.2, 0.25) is 0 Å². The van der Waals surface area contributed by atoms with Crippen LogP contribution in [0.1, 0.15) is 60.8 Å². The van der Waals surface area contributed by atoms with Crippen LogP contribution in [0.15, 0.2) is 48.5 Å². The smallest absolute Gasteiger partial charge is 0.308 e. The van der Waals surface area contributed by atoms with Gasteiger partial charge >= 0.3 is 5.97 Å². The van der Waals surface area contributed by atoms with E-state index in [0.717, 1.165) is 5.56 Å². The maximum Gasteiger partial charge on any atom is 0.308 e. The number of esters is 1. The van der Waals surface area contributed by atoms with Gasteiger partial charge in [-0.1, -0.05) is 55.5 Å². The quantitative estimate of drug-likeness (QED) is 0.627. The van der Waals surface area contributed by atoms with Crippen LogP contribution in [0.3, 0.4) is 0 Å². The van der Waals surface area contributed by atoms with E-state index in [4.69, 9.17) is 4.74 Å². The van der Waals surface area contributed by atoms with Gasteiger partial charge in [0.2, 0.25) is 11.8 Å². The number of benzene rings is 2. The number of amides is 2. The van der Waals surface area contributed by atoms with E-state index >= 15 is 0 Å². The highest BCUT2D eigenvalue weighted by Crippen LogP contribution is 2.36. The van der Waals surface area contributed by atoms with Crippen LogP contribution in [0.25, 0.3) is 0 Å². The molecule has 0 aromatic heterocycles. The predicted molar refractivity (Wildman–Crippen MR) is 132 cm³/mol. The average Bonchev–Trinajstić information content (AvgIpc) is 3.38. The Morgan fingerprint density at radius 2 is 1.60 bits per heavy atom. The number of carbonyl (C=O) groups excluding carboxylic acids is 3. The van der Waals surface area contributed by atoms with Gasteiger partial charge in [0.05, 0.1) is 13.0 Å². The Labute approximate surface area is 207 Å². The maximum atomic E-state index is 13.7. The van der Waals surface area contributed by atoms with Crippen LogP contribution < -0.4 is 0 Å². The summed E-state index contributed by atoms with van der Waals surface area (Å²) in [7, 11) is 1.40. The van der Waals surface area contributed by atoms with Gasteiger partial charge in [0.25, 0.3) is 0 Å². The highest BCUT2D eigenvalue weighted by molar-refractivity contribution is 5.83. The van der Waals surface area contributed by atoms with Crippen LogP contribution in [-0.4, -0.2) is 47.3 Å². The van der Waals surface area contributed by atoms with Gasteiger partial charge < -0.3 is 14.5 Å². The Kier molecular flexibility index (Phi) is 6.63. The molecule has 0 spiro atoms. The van der Waals surface area contributed by atoms with Gasteiger partial charge in [0, 0.05) is 38.0 Å². The number of hydrogen-bond donors (Lipinski definition) is 0. The van der Waals surface area contributed by atoms with E-state index in [1.54, 1.807) is 0 Å². The first-order chi connectivity index (χ1) is 16.9. The van der Waals surface area contributed by atoms with Crippen LogP contribution in [0.5, 0.6) is 0 Å². The van der Waals surface area contributed by atoms with Crippen molar-refractivity contribution in [2.24, 2.45) is 11.8 Å². The van der Waals surface area contributed by atoms with Crippen molar-refractivity contribution in [1.29, 1.82) is 0 Å². The molecule has 5 rings (SSSR count). The Morgan fingerprint density at radius 1 is 0.914 bits per heavy atom. The fourth-order valence-electron chi connectivity index (χ4n) is 6.23. The number of nitrogens with zero attached hydrogens (tertiary/aromatic N) is 2. The summed E-state index contributed by atoms with van der Waals surface area (Å²) in [5, 5.41) is 0. The number of fused-ring (bicyclic) bond motifs is 2. The topological polar surface area (TPSA) is 66.9 Å². The third kappa shape index (κ3) is 4.71. The molecule has 0 radical (unpaired) electrons. The summed E-state index contributed by atoms with van der Waals surface area (Å²) in [6.07, 6.45) is 2.91. The normalized spacial score (nSPS) is 25.5. The summed E-state index contributed by atoms with van der Waals surface area (Å²) in [6, 6.07) is 16.4. The summed E-state index contributed by atoms with van der Waals surface area (Å²) in [5.74, 6) is -0.156. The minimum absolute atomic E-state index is 0.0704. The van der Waals surface area contributed by atoms with E-state index in [0.29, 0.717) is 57.7 Å². The summed E-state index contributed by atoms with van der Waals surface area (Å²) < 4.78 is 4.91. The van der Waals surface area contributed by atoms with E-state index in [-0.39, 0.29) is 35.7 Å². The first-order valence-corrected chi connectivity index (χ1v) is 12.7. The molecule has 184 valence electrons. The number of hydrogen-bond acceptors (Lipinski definition) is 4. The second-order valence-corrected chi connectivity index (χ2v) is 10.4. The van der Waals surface area contributed by atoms with Gasteiger partial charge in [0.1, 0.15) is 0 Å². The molecule has 0 N–H and O–H groups in total. The fraction of sp³-hybridized carbons (Fsp3) is 0.483. The summed E-state index contributed by atoms with van der Waals surface area (Å²) in [4.78, 5) is 43.1. The lowest BCUT2D eigenvalue weighted by molar-refractivity contribution is -0.145. The van der Waals surface area contributed by atoms with Crippen molar-refractivity contribution >= 4 is 17.8 Å². The molecule has 0 saturated heterocycles. The molecule has 1 fully saturated rings. The molecule has 4 atom stereocenters. The highest BCUT2D eigenvalue weighted by Gasteiger charge is 2.40. The Morgan fingerprint density at radius 3 is 2.37 bits per heavy atom. The molecule has 0 bridgehead atoms. The van der Waals surface area contributed by atoms with Crippen LogP contribution in [0, 0.1) is 11.8 Å². The van der Waals surface area contributed by atoms with E-state index in [1.165, 1.54) is 23.8 Å². The Hall–Kier alpha value is -3.15. The van der Waals surface area contributed by atoms with Gasteiger partial charge in [-0.05, 0) is 53.9 Å². The Bertz CT molecular complexity index is 1130. The standard InChI is InChI=1S/C29H34N2O4/c1-19-16-30(17-24-9-5-6-10-26(19)24)27(32)15-25-14-20-7-3-4-8-23(20)18-31(25)28(33)21-11-12-22(13-21)29(34)35-2/h3-10,19,21-22,25H,11-18H2,1-2H3/t19-,21-,22-,25+/m0/s1. The number of carbonyl (C=O) groups is 3. The zero-order valence-electron chi connectivity index (χ0n) is 20.6. The van der Waals surface area contributed by atoms with Crippen molar-refractivity contribution in [2.75, 3.05) is 13.7 Å². The van der Waals surface area contributed by atoms with Gasteiger partial charge in [0.15, 0.2) is 0 Å². The predicted octanol–water partition coefficient (Wildman–Crippen LogP) is 4.07. The zero-order valence-corrected chi connectivity index (χ0v) is 20.6. The third-order valence-corrected chi connectivity index (χ3v) is 8.16. The molecule has 3 aliphatic rings. The lowest BCUT2D eigenvalue weighted by Crippen LogP contribution is -2.49. The average molecular weight is 475 g/mol. The minimum Gasteiger partial charge on any atom is -0.469 e. The largest absolute Gasteiger partial charge is 0.469 e. The number of methoxy groups -OCH3 is 1. The van der Waals surface area contributed by atoms with Gasteiger partial charge in [-0.15, -0.1) is 0 Å². The van der Waals surface area contributed by atoms with E-state index < -0.39 is 0 Å². The lowest BCUT2D eigenvalue weighted by Gasteiger charge is -2.40. The maximum absolute atomic E-state index is 13.7. The van der Waals surface area contributed by atoms with Crippen LogP contribution in [-0.2, 0) is 38.6 Å². The second kappa shape index (κ2) is 9.84. The molecule has 0 unspecified atom stereocenters. The second-order valence-electron chi connectivity index (χ2n) is 10.4. The summed E-state index contributed by atoms with van der Waals surface area (Å²) in [6.45, 7) is 4.02. The van der Waals surface area contributed by atoms with Gasteiger partial charge in [-0.3, -0.25) is 14.4 Å². The monoisotopic (exact) mass is 474 g/mol. The van der Waals surface area contributed by atoms with E-state index in [1.807, 2.05) is 28.0 Å². The first-order valence-electron chi connectivity index (χ1n) is 12.7. The molecule has 2 aromatic carbocycles. The molecule has 1 saturated carbocycles. The summed E-state index contributed by atoms with van der Waals surface area (Å²) in [5.41, 5.74) is 4.89. The van der Waals surface area contributed by atoms with Crippen molar-refractivity contribution in [1.82, 2.24) is 9.80 Å². The molecule has 35 heavy (non-hydrogen) atoms. The number of ether oxygens (including phenoxy) is 1. The van der Waals surface area contributed by atoms with Gasteiger partial charge in [-0.25, -0.2) is 0 Å². The SMILES string of the molecule is COC(=O)[C@H]1CC[C@H](C(=O)N2Cc3ccccc3C[C@@H]2CC(=O)N2Cc3ccccc3[C@@H](C)C2)C1. The Balaban J connectivity index is 1.33. The van der Waals surface area contributed by atoms with E-state index in [9.17, 15) is 14.4 Å². The highest BCUT2D eigenvalue weighted by atomic mass is 16.5. The molecule has 6 heteroatoms. The molecule has 2 aromatic rings. The molecule has 6 nitrogen and oxygen atoms in total. The summed E-state index contributed by atoms with van der Waals surface area (Å²) >= 11 is 0. The lowest BCUT2D eigenvalue weighted by atomic mass is 9.89. The van der Waals surface area contributed by atoms with Crippen molar-refractivity contribution in [2.45, 2.75) is 64.1 Å². The fourth-order valence-corrected chi connectivity index (χ4v) is 6.23. The minimum atomic E-state index is -0.226. The van der Waals surface area contributed by atoms with Crippen LogP contribution in [0.4, 0.5) is 0 Å². The molecular formula is C29H34N2O4. The van der Waals surface area contributed by atoms with Crippen molar-refractivity contribution in [3.8, 4) is 0 Å². The van der Waals surface area contributed by atoms with Crippen molar-refractivity contribution in [3.63, 3.8) is 0 Å². The van der Waals surface area contributed by atoms with Gasteiger partial charge in [-0.2, -0.15) is 0 Å². The first kappa shape index (κ1) is 23.6. The third-order valence-electron chi connectivity index (χ3n) is 8.16. The molecule has 2 aliphatic heterocycles.